The molecule has 0 aliphatic heterocycles. The van der Waals surface area contributed by atoms with Gasteiger partial charge in [0.25, 0.3) is 0 Å². The zero-order valence-electron chi connectivity index (χ0n) is 9.21. The van der Waals surface area contributed by atoms with Crippen molar-refractivity contribution in [3.05, 3.63) is 20.8 Å². The van der Waals surface area contributed by atoms with Gasteiger partial charge in [-0.05, 0) is 41.4 Å². The number of hydrogen-bond donors (Lipinski definition) is 1. The molecule has 0 fully saturated rings. The number of hydrogen-bond acceptors (Lipinski definition) is 3. The van der Waals surface area contributed by atoms with E-state index in [1.807, 2.05) is 19.1 Å². The van der Waals surface area contributed by atoms with Gasteiger partial charge in [0.15, 0.2) is 0 Å². The van der Waals surface area contributed by atoms with Gasteiger partial charge in [-0.2, -0.15) is 5.26 Å². The molecule has 0 saturated heterocycles. The maximum atomic E-state index is 11.8. The van der Waals surface area contributed by atoms with E-state index in [0.29, 0.717) is 13.0 Å². The van der Waals surface area contributed by atoms with Gasteiger partial charge in [0.1, 0.15) is 5.41 Å². The van der Waals surface area contributed by atoms with E-state index in [-0.39, 0.29) is 5.91 Å². The number of nitriles is 1. The fourth-order valence-electron chi connectivity index (χ4n) is 1.10. The Morgan fingerprint density at radius 2 is 2.38 bits per heavy atom. The first-order chi connectivity index (χ1) is 7.51. The van der Waals surface area contributed by atoms with Crippen LogP contribution in [-0.4, -0.2) is 5.91 Å². The highest BCUT2D eigenvalue weighted by molar-refractivity contribution is 9.11. The van der Waals surface area contributed by atoms with Crippen LogP contribution in [0.2, 0.25) is 0 Å². The molecule has 1 atom stereocenters. The van der Waals surface area contributed by atoms with Crippen LogP contribution >= 0.6 is 27.3 Å². The van der Waals surface area contributed by atoms with Gasteiger partial charge < -0.3 is 5.32 Å². The number of halogens is 1. The molecule has 1 amide bonds. The first-order valence-corrected chi connectivity index (χ1v) is 6.56. The Morgan fingerprint density at radius 1 is 1.69 bits per heavy atom. The molecule has 1 aromatic rings. The molecular weight excluding hydrogens is 288 g/mol. The van der Waals surface area contributed by atoms with E-state index >= 15 is 0 Å². The number of amides is 1. The lowest BCUT2D eigenvalue weighted by Crippen LogP contribution is -2.37. The van der Waals surface area contributed by atoms with E-state index in [9.17, 15) is 4.79 Å². The van der Waals surface area contributed by atoms with E-state index in [1.165, 1.54) is 0 Å². The number of nitrogens with one attached hydrogen (secondary N) is 1. The summed E-state index contributed by atoms with van der Waals surface area (Å²) >= 11 is 4.93. The lowest BCUT2D eigenvalue weighted by atomic mass is 9.88. The molecule has 5 heteroatoms. The molecule has 1 aromatic heterocycles. The normalized spacial score (nSPS) is 13.9. The van der Waals surface area contributed by atoms with Crippen molar-refractivity contribution in [3.8, 4) is 6.07 Å². The van der Waals surface area contributed by atoms with Crippen molar-refractivity contribution in [1.29, 1.82) is 5.26 Å². The summed E-state index contributed by atoms with van der Waals surface area (Å²) in [5.41, 5.74) is -0.922. The number of carbonyl (C=O) groups excluding carboxylic acids is 1. The molecule has 16 heavy (non-hydrogen) atoms. The highest BCUT2D eigenvalue weighted by atomic mass is 79.9. The van der Waals surface area contributed by atoms with Crippen LogP contribution in [0.5, 0.6) is 0 Å². The third-order valence-electron chi connectivity index (χ3n) is 2.51. The largest absolute Gasteiger partial charge is 0.350 e. The molecule has 0 bridgehead atoms. The monoisotopic (exact) mass is 300 g/mol. The second-order valence-electron chi connectivity index (χ2n) is 3.69. The lowest BCUT2D eigenvalue weighted by molar-refractivity contribution is -0.127. The Bertz CT molecular complexity index is 424. The van der Waals surface area contributed by atoms with Crippen molar-refractivity contribution in [1.82, 2.24) is 5.32 Å². The predicted molar refractivity (Wildman–Crippen MR) is 67.9 cm³/mol. The van der Waals surface area contributed by atoms with Crippen molar-refractivity contribution in [3.63, 3.8) is 0 Å². The van der Waals surface area contributed by atoms with Gasteiger partial charge >= 0.3 is 0 Å². The van der Waals surface area contributed by atoms with Gasteiger partial charge in [-0.1, -0.05) is 6.92 Å². The van der Waals surface area contributed by atoms with Gasteiger partial charge in [0.2, 0.25) is 5.91 Å². The van der Waals surface area contributed by atoms with Gasteiger partial charge in [0.05, 0.1) is 16.4 Å². The van der Waals surface area contributed by atoms with Crippen LogP contribution < -0.4 is 5.32 Å². The fourth-order valence-corrected chi connectivity index (χ4v) is 2.52. The molecule has 0 aliphatic carbocycles. The van der Waals surface area contributed by atoms with Crippen LogP contribution in [-0.2, 0) is 11.3 Å². The molecule has 1 unspecified atom stereocenters. The quantitative estimate of drug-likeness (QED) is 0.929. The Hall–Kier alpha value is -0.860. The Morgan fingerprint density at radius 3 is 2.81 bits per heavy atom. The third kappa shape index (κ3) is 3.06. The minimum Gasteiger partial charge on any atom is -0.350 e. The average molecular weight is 301 g/mol. The Labute approximate surface area is 108 Å². The summed E-state index contributed by atoms with van der Waals surface area (Å²) in [6.45, 7) is 3.98. The van der Waals surface area contributed by atoms with E-state index in [1.54, 1.807) is 18.3 Å². The van der Waals surface area contributed by atoms with E-state index < -0.39 is 5.41 Å². The standard InChI is InChI=1S/C11H13BrN2OS/c1-3-11(2,7-13)10(15)14-6-8-4-5-9(12)16-8/h4-5H,3,6H2,1-2H3,(H,14,15). The smallest absolute Gasteiger partial charge is 0.240 e. The molecule has 0 saturated carbocycles. The molecule has 1 N–H and O–H groups in total. The van der Waals surface area contributed by atoms with E-state index in [0.717, 1.165) is 8.66 Å². The first-order valence-electron chi connectivity index (χ1n) is 4.95. The number of carbonyl (C=O) groups is 1. The highest BCUT2D eigenvalue weighted by Crippen LogP contribution is 2.23. The van der Waals surface area contributed by atoms with Crippen LogP contribution in [0.25, 0.3) is 0 Å². The van der Waals surface area contributed by atoms with Crippen LogP contribution in [0.4, 0.5) is 0 Å². The summed E-state index contributed by atoms with van der Waals surface area (Å²) in [6, 6.07) is 5.94. The van der Waals surface area contributed by atoms with Crippen molar-refractivity contribution >= 4 is 33.2 Å². The highest BCUT2D eigenvalue weighted by Gasteiger charge is 2.30. The van der Waals surface area contributed by atoms with Gasteiger partial charge in [-0.25, -0.2) is 0 Å². The van der Waals surface area contributed by atoms with Crippen molar-refractivity contribution in [2.45, 2.75) is 26.8 Å². The molecule has 0 aliphatic rings. The van der Waals surface area contributed by atoms with Crippen LogP contribution in [0.1, 0.15) is 25.1 Å². The SMILES string of the molecule is CCC(C)(C#N)C(=O)NCc1ccc(Br)s1. The summed E-state index contributed by atoms with van der Waals surface area (Å²) in [4.78, 5) is 12.8. The zero-order chi connectivity index (χ0) is 12.2. The molecular formula is C11H13BrN2OS. The first kappa shape index (κ1) is 13.2. The summed E-state index contributed by atoms with van der Waals surface area (Å²) in [5.74, 6) is -0.206. The molecule has 86 valence electrons. The van der Waals surface area contributed by atoms with Gasteiger partial charge in [-0.15, -0.1) is 11.3 Å². The number of thiophene rings is 1. The lowest BCUT2D eigenvalue weighted by Gasteiger charge is -2.18. The maximum Gasteiger partial charge on any atom is 0.240 e. The second kappa shape index (κ2) is 5.46. The summed E-state index contributed by atoms with van der Waals surface area (Å²) in [5, 5.41) is 11.7. The molecule has 3 nitrogen and oxygen atoms in total. The summed E-state index contributed by atoms with van der Waals surface area (Å²) in [7, 11) is 0. The zero-order valence-corrected chi connectivity index (χ0v) is 11.6. The van der Waals surface area contributed by atoms with Gasteiger partial charge in [0, 0.05) is 4.88 Å². The molecule has 0 radical (unpaired) electrons. The predicted octanol–water partition coefficient (Wildman–Crippen LogP) is 3.07. The molecule has 0 aromatic carbocycles. The molecule has 0 spiro atoms. The summed E-state index contributed by atoms with van der Waals surface area (Å²) < 4.78 is 1.04. The maximum absolute atomic E-state index is 11.8. The minimum absolute atomic E-state index is 0.206. The Kier molecular flexibility index (Phi) is 4.51. The average Bonchev–Trinajstić information content (AvgIpc) is 2.70. The van der Waals surface area contributed by atoms with Crippen LogP contribution in [0.3, 0.4) is 0 Å². The van der Waals surface area contributed by atoms with Crippen molar-refractivity contribution < 1.29 is 4.79 Å². The van der Waals surface area contributed by atoms with Gasteiger partial charge in [-0.3, -0.25) is 4.79 Å². The number of nitrogens with zero attached hydrogens (tertiary/aromatic N) is 1. The second-order valence-corrected chi connectivity index (χ2v) is 6.23. The van der Waals surface area contributed by atoms with Crippen LogP contribution in [0, 0.1) is 16.7 Å². The topological polar surface area (TPSA) is 52.9 Å². The Balaban J connectivity index is 2.57. The van der Waals surface area contributed by atoms with Crippen molar-refractivity contribution in [2.75, 3.05) is 0 Å². The number of rotatable bonds is 4. The van der Waals surface area contributed by atoms with Crippen LogP contribution in [0.15, 0.2) is 15.9 Å². The summed E-state index contributed by atoms with van der Waals surface area (Å²) in [6.07, 6.45) is 0.517. The molecule has 1 rings (SSSR count). The van der Waals surface area contributed by atoms with E-state index in [4.69, 9.17) is 5.26 Å². The fraction of sp³-hybridized carbons (Fsp3) is 0.455. The van der Waals surface area contributed by atoms with E-state index in [2.05, 4.69) is 27.3 Å². The third-order valence-corrected chi connectivity index (χ3v) is 4.13. The van der Waals surface area contributed by atoms with Crippen molar-refractivity contribution in [2.24, 2.45) is 5.41 Å². The minimum atomic E-state index is -0.922. The molecule has 1 heterocycles.